The van der Waals surface area contributed by atoms with Crippen LogP contribution in [0.15, 0.2) is 30.3 Å². The third-order valence-electron chi connectivity index (χ3n) is 3.13. The average molecular weight is 249 g/mol. The molecule has 1 aliphatic heterocycles. The molecule has 4 heteroatoms. The van der Waals surface area contributed by atoms with Crippen LogP contribution >= 0.6 is 0 Å². The van der Waals surface area contributed by atoms with Crippen LogP contribution in [-0.2, 0) is 20.9 Å². The zero-order chi connectivity index (χ0) is 12.8. The Morgan fingerprint density at radius 1 is 1.33 bits per heavy atom. The number of benzene rings is 1. The van der Waals surface area contributed by atoms with Crippen LogP contribution in [0.25, 0.3) is 0 Å². The van der Waals surface area contributed by atoms with E-state index in [9.17, 15) is 4.79 Å². The molecule has 0 aliphatic carbocycles. The zero-order valence-corrected chi connectivity index (χ0v) is 10.6. The van der Waals surface area contributed by atoms with Crippen LogP contribution in [0.5, 0.6) is 0 Å². The van der Waals surface area contributed by atoms with Gasteiger partial charge in [0.1, 0.15) is 5.41 Å². The highest BCUT2D eigenvalue weighted by Crippen LogP contribution is 2.25. The second-order valence-corrected chi connectivity index (χ2v) is 4.58. The summed E-state index contributed by atoms with van der Waals surface area (Å²) in [5, 5.41) is 3.11. The smallest absolute Gasteiger partial charge is 0.317 e. The largest absolute Gasteiger partial charge is 0.465 e. The van der Waals surface area contributed by atoms with E-state index in [0.717, 1.165) is 5.56 Å². The van der Waals surface area contributed by atoms with Crippen molar-refractivity contribution in [2.45, 2.75) is 13.5 Å². The molecular formula is C14H19NO3. The van der Waals surface area contributed by atoms with E-state index < -0.39 is 5.41 Å². The Balaban J connectivity index is 1.82. The molecule has 1 saturated heterocycles. The van der Waals surface area contributed by atoms with E-state index in [4.69, 9.17) is 9.47 Å². The van der Waals surface area contributed by atoms with Gasteiger partial charge >= 0.3 is 5.97 Å². The number of carbonyl (C=O) groups excluding carboxylic acids is 1. The molecule has 0 radical (unpaired) electrons. The van der Waals surface area contributed by atoms with Crippen LogP contribution < -0.4 is 5.32 Å². The van der Waals surface area contributed by atoms with Crippen molar-refractivity contribution in [3.8, 4) is 0 Å². The monoisotopic (exact) mass is 249 g/mol. The normalized spacial score (nSPS) is 16.9. The van der Waals surface area contributed by atoms with E-state index in [1.807, 2.05) is 37.3 Å². The van der Waals surface area contributed by atoms with E-state index in [0.29, 0.717) is 32.9 Å². The second kappa shape index (κ2) is 5.98. The molecule has 0 atom stereocenters. The SMILES string of the molecule is CCOC(=O)C1(COCc2ccccc2)CNC1. The number of hydrogen-bond donors (Lipinski definition) is 1. The number of hydrogen-bond acceptors (Lipinski definition) is 4. The quantitative estimate of drug-likeness (QED) is 0.773. The van der Waals surface area contributed by atoms with Crippen molar-refractivity contribution in [1.82, 2.24) is 5.32 Å². The third kappa shape index (κ3) is 2.89. The van der Waals surface area contributed by atoms with Gasteiger partial charge in [0.2, 0.25) is 0 Å². The molecule has 4 nitrogen and oxygen atoms in total. The average Bonchev–Trinajstić information content (AvgIpc) is 2.34. The zero-order valence-electron chi connectivity index (χ0n) is 10.6. The number of ether oxygens (including phenoxy) is 2. The summed E-state index contributed by atoms with van der Waals surface area (Å²) in [7, 11) is 0. The number of rotatable bonds is 6. The first-order valence-electron chi connectivity index (χ1n) is 6.26. The molecular weight excluding hydrogens is 230 g/mol. The predicted octanol–water partition coefficient (Wildman–Crippen LogP) is 1.36. The summed E-state index contributed by atoms with van der Waals surface area (Å²) in [6.07, 6.45) is 0. The van der Waals surface area contributed by atoms with E-state index in [-0.39, 0.29) is 5.97 Å². The van der Waals surface area contributed by atoms with Crippen molar-refractivity contribution in [2.24, 2.45) is 5.41 Å². The summed E-state index contributed by atoms with van der Waals surface area (Å²) < 4.78 is 10.7. The number of carbonyl (C=O) groups is 1. The van der Waals surface area contributed by atoms with Gasteiger partial charge in [0.25, 0.3) is 0 Å². The van der Waals surface area contributed by atoms with Gasteiger partial charge in [0.15, 0.2) is 0 Å². The summed E-state index contributed by atoms with van der Waals surface area (Å²) in [5.74, 6) is -0.156. The van der Waals surface area contributed by atoms with Crippen molar-refractivity contribution in [2.75, 3.05) is 26.3 Å². The van der Waals surface area contributed by atoms with Gasteiger partial charge in [0.05, 0.1) is 19.8 Å². The molecule has 0 unspecified atom stereocenters. The fourth-order valence-electron chi connectivity index (χ4n) is 1.95. The maximum absolute atomic E-state index is 11.8. The van der Waals surface area contributed by atoms with E-state index in [2.05, 4.69) is 5.32 Å². The van der Waals surface area contributed by atoms with Gasteiger partial charge in [-0.3, -0.25) is 4.79 Å². The maximum atomic E-state index is 11.8. The van der Waals surface area contributed by atoms with Crippen LogP contribution in [0.4, 0.5) is 0 Å². The molecule has 1 aromatic rings. The Kier molecular flexibility index (Phi) is 4.33. The summed E-state index contributed by atoms with van der Waals surface area (Å²) >= 11 is 0. The van der Waals surface area contributed by atoms with Gasteiger partial charge in [-0.25, -0.2) is 0 Å². The standard InChI is InChI=1S/C14H19NO3/c1-2-18-13(16)14(9-15-10-14)11-17-8-12-6-4-3-5-7-12/h3-7,15H,2,8-11H2,1H3. The molecule has 1 aliphatic rings. The minimum absolute atomic E-state index is 0.156. The van der Waals surface area contributed by atoms with E-state index in [1.54, 1.807) is 0 Å². The van der Waals surface area contributed by atoms with Crippen LogP contribution in [0.3, 0.4) is 0 Å². The lowest BCUT2D eigenvalue weighted by Gasteiger charge is -2.39. The first-order chi connectivity index (χ1) is 8.77. The Hall–Kier alpha value is -1.39. The summed E-state index contributed by atoms with van der Waals surface area (Å²) in [5.41, 5.74) is 0.633. The highest BCUT2D eigenvalue weighted by molar-refractivity contribution is 5.78. The van der Waals surface area contributed by atoms with Crippen molar-refractivity contribution < 1.29 is 14.3 Å². The fourth-order valence-corrected chi connectivity index (χ4v) is 1.95. The topological polar surface area (TPSA) is 47.6 Å². The first-order valence-corrected chi connectivity index (χ1v) is 6.26. The summed E-state index contributed by atoms with van der Waals surface area (Å²) in [4.78, 5) is 11.8. The molecule has 1 aromatic carbocycles. The molecule has 0 saturated carbocycles. The van der Waals surface area contributed by atoms with Gasteiger partial charge in [-0.1, -0.05) is 30.3 Å². The van der Waals surface area contributed by atoms with Crippen molar-refractivity contribution >= 4 is 5.97 Å². The van der Waals surface area contributed by atoms with Gasteiger partial charge in [-0.05, 0) is 12.5 Å². The summed E-state index contributed by atoms with van der Waals surface area (Å²) in [6.45, 7) is 4.46. The van der Waals surface area contributed by atoms with Crippen LogP contribution in [0.2, 0.25) is 0 Å². The van der Waals surface area contributed by atoms with Crippen molar-refractivity contribution in [3.05, 3.63) is 35.9 Å². The van der Waals surface area contributed by atoms with E-state index >= 15 is 0 Å². The molecule has 98 valence electrons. The maximum Gasteiger partial charge on any atom is 0.317 e. The lowest BCUT2D eigenvalue weighted by Crippen LogP contribution is -2.61. The van der Waals surface area contributed by atoms with Crippen molar-refractivity contribution in [1.29, 1.82) is 0 Å². The Morgan fingerprint density at radius 3 is 2.61 bits per heavy atom. The molecule has 18 heavy (non-hydrogen) atoms. The van der Waals surface area contributed by atoms with Crippen LogP contribution in [0, 0.1) is 5.41 Å². The first kappa shape index (κ1) is 13.1. The van der Waals surface area contributed by atoms with Crippen molar-refractivity contribution in [3.63, 3.8) is 0 Å². The Bertz CT molecular complexity index is 387. The highest BCUT2D eigenvalue weighted by atomic mass is 16.5. The molecule has 1 fully saturated rings. The number of esters is 1. The molecule has 0 spiro atoms. The van der Waals surface area contributed by atoms with Gasteiger partial charge in [-0.15, -0.1) is 0 Å². The molecule has 1 N–H and O–H groups in total. The highest BCUT2D eigenvalue weighted by Gasteiger charge is 2.46. The third-order valence-corrected chi connectivity index (χ3v) is 3.13. The Morgan fingerprint density at radius 2 is 2.06 bits per heavy atom. The lowest BCUT2D eigenvalue weighted by molar-refractivity contribution is -0.164. The lowest BCUT2D eigenvalue weighted by atomic mass is 9.83. The van der Waals surface area contributed by atoms with Gasteiger partial charge in [0, 0.05) is 13.1 Å². The fraction of sp³-hybridized carbons (Fsp3) is 0.500. The molecule has 1 heterocycles. The molecule has 0 amide bonds. The molecule has 0 bridgehead atoms. The summed E-state index contributed by atoms with van der Waals surface area (Å²) in [6, 6.07) is 9.95. The Labute approximate surface area is 107 Å². The number of nitrogens with one attached hydrogen (secondary N) is 1. The minimum atomic E-state index is -0.481. The molecule has 0 aromatic heterocycles. The minimum Gasteiger partial charge on any atom is -0.465 e. The predicted molar refractivity (Wildman–Crippen MR) is 68.0 cm³/mol. The van der Waals surface area contributed by atoms with Gasteiger partial charge < -0.3 is 14.8 Å². The van der Waals surface area contributed by atoms with Crippen LogP contribution in [-0.4, -0.2) is 32.3 Å². The van der Waals surface area contributed by atoms with Crippen LogP contribution in [0.1, 0.15) is 12.5 Å². The second-order valence-electron chi connectivity index (χ2n) is 4.58. The van der Waals surface area contributed by atoms with Gasteiger partial charge in [-0.2, -0.15) is 0 Å². The molecule has 2 rings (SSSR count). The van der Waals surface area contributed by atoms with E-state index in [1.165, 1.54) is 0 Å².